The molecule has 0 aliphatic carbocycles. The molecule has 1 atom stereocenters. The molecule has 0 spiro atoms. The van der Waals surface area contributed by atoms with E-state index in [1.54, 1.807) is 13.8 Å². The van der Waals surface area contributed by atoms with Crippen molar-refractivity contribution >= 4 is 5.91 Å². The summed E-state index contributed by atoms with van der Waals surface area (Å²) >= 11 is 0. The van der Waals surface area contributed by atoms with E-state index in [4.69, 9.17) is 0 Å². The lowest BCUT2D eigenvalue weighted by Crippen LogP contribution is -2.38. The maximum Gasteiger partial charge on any atom is 0.417 e. The van der Waals surface area contributed by atoms with Crippen LogP contribution in [0.2, 0.25) is 0 Å². The highest BCUT2D eigenvalue weighted by atomic mass is 19.4. The Hall–Kier alpha value is -1.83. The van der Waals surface area contributed by atoms with Crippen molar-refractivity contribution in [2.24, 2.45) is 5.92 Å². The van der Waals surface area contributed by atoms with Gasteiger partial charge in [0.25, 0.3) is 5.56 Å². The van der Waals surface area contributed by atoms with Crippen molar-refractivity contribution in [3.8, 4) is 0 Å². The normalized spacial score (nSPS) is 13.3. The Labute approximate surface area is 119 Å². The van der Waals surface area contributed by atoms with Crippen LogP contribution in [-0.4, -0.2) is 28.2 Å². The molecule has 0 saturated carbocycles. The van der Waals surface area contributed by atoms with E-state index in [0.29, 0.717) is 16.8 Å². The van der Waals surface area contributed by atoms with Gasteiger partial charge in [-0.05, 0) is 12.0 Å². The predicted octanol–water partition coefficient (Wildman–Crippen LogP) is 1.00. The molecule has 1 aromatic rings. The van der Waals surface area contributed by atoms with Gasteiger partial charge in [-0.1, -0.05) is 13.8 Å². The number of rotatable bonds is 5. The number of alkyl halides is 3. The van der Waals surface area contributed by atoms with E-state index < -0.39 is 35.9 Å². The van der Waals surface area contributed by atoms with Crippen molar-refractivity contribution in [3.63, 3.8) is 0 Å². The average Bonchev–Trinajstić information content (AvgIpc) is 2.37. The number of aromatic nitrogens is 1. The molecule has 0 aliphatic heterocycles. The summed E-state index contributed by atoms with van der Waals surface area (Å²) in [5.74, 6) is -0.710. The van der Waals surface area contributed by atoms with Crippen LogP contribution < -0.4 is 10.9 Å². The summed E-state index contributed by atoms with van der Waals surface area (Å²) in [6.07, 6.45) is -4.74. The molecule has 5 nitrogen and oxygen atoms in total. The molecule has 2 N–H and O–H groups in total. The van der Waals surface area contributed by atoms with E-state index in [1.807, 2.05) is 0 Å². The van der Waals surface area contributed by atoms with Crippen molar-refractivity contribution in [1.82, 2.24) is 9.88 Å². The fraction of sp³-hybridized carbons (Fsp3) is 0.538. The number of amides is 1. The standard InChI is InChI=1S/C13H17F3N2O3/c1-8(2)10(19)5-17-11(20)7-18-6-9(13(14,15)16)3-4-12(18)21/h3-4,6,8,10,19H,5,7H2,1-2H3,(H,17,20). The monoisotopic (exact) mass is 306 g/mol. The quantitative estimate of drug-likeness (QED) is 0.852. The lowest BCUT2D eigenvalue weighted by molar-refractivity contribution is -0.138. The summed E-state index contributed by atoms with van der Waals surface area (Å²) in [6.45, 7) is 2.96. The Balaban J connectivity index is 2.74. The van der Waals surface area contributed by atoms with Crippen molar-refractivity contribution in [3.05, 3.63) is 34.2 Å². The van der Waals surface area contributed by atoms with E-state index in [2.05, 4.69) is 5.32 Å². The fourth-order valence-electron chi connectivity index (χ4n) is 1.49. The SMILES string of the molecule is CC(C)C(O)CNC(=O)Cn1cc(C(F)(F)F)ccc1=O. The number of carbonyl (C=O) groups is 1. The van der Waals surface area contributed by atoms with Crippen molar-refractivity contribution in [2.75, 3.05) is 6.54 Å². The molecule has 0 aromatic carbocycles. The maximum absolute atomic E-state index is 12.5. The summed E-state index contributed by atoms with van der Waals surface area (Å²) in [7, 11) is 0. The van der Waals surface area contributed by atoms with Gasteiger partial charge in [-0.25, -0.2) is 0 Å². The second-order valence-corrected chi connectivity index (χ2v) is 5.00. The molecule has 8 heteroatoms. The van der Waals surface area contributed by atoms with Gasteiger partial charge in [0.15, 0.2) is 0 Å². The number of hydrogen-bond donors (Lipinski definition) is 2. The smallest absolute Gasteiger partial charge is 0.391 e. The number of aliphatic hydroxyl groups is 1. The third-order valence-electron chi connectivity index (χ3n) is 2.90. The number of nitrogens with zero attached hydrogens (tertiary/aromatic N) is 1. The summed E-state index contributed by atoms with van der Waals surface area (Å²) in [5.41, 5.74) is -1.71. The van der Waals surface area contributed by atoms with Crippen LogP contribution in [0.15, 0.2) is 23.1 Å². The van der Waals surface area contributed by atoms with Crippen molar-refractivity contribution < 1.29 is 23.1 Å². The van der Waals surface area contributed by atoms with Gasteiger partial charge in [-0.2, -0.15) is 13.2 Å². The minimum Gasteiger partial charge on any atom is -0.391 e. The third-order valence-corrected chi connectivity index (χ3v) is 2.90. The molecule has 0 aliphatic rings. The van der Waals surface area contributed by atoms with Crippen LogP contribution in [0.25, 0.3) is 0 Å². The Kier molecular flexibility index (Phi) is 5.54. The van der Waals surface area contributed by atoms with Crippen LogP contribution >= 0.6 is 0 Å². The van der Waals surface area contributed by atoms with E-state index in [0.717, 1.165) is 6.07 Å². The average molecular weight is 306 g/mol. The molecule has 1 amide bonds. The van der Waals surface area contributed by atoms with Gasteiger partial charge >= 0.3 is 6.18 Å². The van der Waals surface area contributed by atoms with Crippen LogP contribution in [0.3, 0.4) is 0 Å². The molecule has 0 bridgehead atoms. The van der Waals surface area contributed by atoms with Gasteiger partial charge in [0.2, 0.25) is 5.91 Å². The van der Waals surface area contributed by atoms with Gasteiger partial charge in [-0.15, -0.1) is 0 Å². The third kappa shape index (κ3) is 5.22. The minimum absolute atomic E-state index is 0.0236. The molecular weight excluding hydrogens is 289 g/mol. The molecule has 1 heterocycles. The molecule has 0 fully saturated rings. The first-order valence-electron chi connectivity index (χ1n) is 6.33. The molecule has 1 unspecified atom stereocenters. The Morgan fingerprint density at radius 1 is 1.38 bits per heavy atom. The molecule has 1 rings (SSSR count). The zero-order valence-corrected chi connectivity index (χ0v) is 11.6. The van der Waals surface area contributed by atoms with E-state index in [9.17, 15) is 27.9 Å². The number of aliphatic hydroxyl groups excluding tert-OH is 1. The van der Waals surface area contributed by atoms with Gasteiger partial charge in [0, 0.05) is 18.8 Å². The highest BCUT2D eigenvalue weighted by molar-refractivity contribution is 5.75. The first kappa shape index (κ1) is 17.2. The predicted molar refractivity (Wildman–Crippen MR) is 69.6 cm³/mol. The highest BCUT2D eigenvalue weighted by Crippen LogP contribution is 2.27. The number of halogens is 3. The van der Waals surface area contributed by atoms with Gasteiger partial charge in [0.05, 0.1) is 11.7 Å². The Morgan fingerprint density at radius 2 is 2.00 bits per heavy atom. The first-order valence-corrected chi connectivity index (χ1v) is 6.33. The van der Waals surface area contributed by atoms with Gasteiger partial charge < -0.3 is 15.0 Å². The minimum atomic E-state index is -4.58. The van der Waals surface area contributed by atoms with Crippen LogP contribution in [0.5, 0.6) is 0 Å². The van der Waals surface area contributed by atoms with Gasteiger partial charge in [0.1, 0.15) is 6.54 Å². The van der Waals surface area contributed by atoms with E-state index in [1.165, 1.54) is 0 Å². The number of hydrogen-bond acceptors (Lipinski definition) is 3. The lowest BCUT2D eigenvalue weighted by Gasteiger charge is -2.15. The van der Waals surface area contributed by atoms with Crippen LogP contribution in [-0.2, 0) is 17.5 Å². The largest absolute Gasteiger partial charge is 0.417 e. The molecule has 1 aromatic heterocycles. The van der Waals surface area contributed by atoms with E-state index in [-0.39, 0.29) is 12.5 Å². The van der Waals surface area contributed by atoms with E-state index >= 15 is 0 Å². The summed E-state index contributed by atoms with van der Waals surface area (Å²) in [5, 5.41) is 11.9. The Morgan fingerprint density at radius 3 is 2.52 bits per heavy atom. The van der Waals surface area contributed by atoms with Crippen molar-refractivity contribution in [2.45, 2.75) is 32.7 Å². The zero-order valence-electron chi connectivity index (χ0n) is 11.6. The highest BCUT2D eigenvalue weighted by Gasteiger charge is 2.31. The molecular formula is C13H17F3N2O3. The molecule has 118 valence electrons. The van der Waals surface area contributed by atoms with Gasteiger partial charge in [-0.3, -0.25) is 9.59 Å². The van der Waals surface area contributed by atoms with Crippen LogP contribution in [0.1, 0.15) is 19.4 Å². The molecule has 21 heavy (non-hydrogen) atoms. The Bertz CT molecular complexity index is 552. The summed E-state index contributed by atoms with van der Waals surface area (Å²) in [4.78, 5) is 23.0. The molecule has 0 saturated heterocycles. The van der Waals surface area contributed by atoms with Crippen LogP contribution in [0.4, 0.5) is 13.2 Å². The second kappa shape index (κ2) is 6.75. The molecule has 0 radical (unpaired) electrons. The maximum atomic E-state index is 12.5. The second-order valence-electron chi connectivity index (χ2n) is 5.00. The fourth-order valence-corrected chi connectivity index (χ4v) is 1.49. The van der Waals surface area contributed by atoms with Crippen molar-refractivity contribution in [1.29, 1.82) is 0 Å². The number of carbonyl (C=O) groups excluding carboxylic acids is 1. The first-order chi connectivity index (χ1) is 9.61. The number of nitrogens with one attached hydrogen (secondary N) is 1. The number of pyridine rings is 1. The zero-order chi connectivity index (χ0) is 16.2. The lowest BCUT2D eigenvalue weighted by atomic mass is 10.1. The topological polar surface area (TPSA) is 71.3 Å². The summed E-state index contributed by atoms with van der Waals surface area (Å²) < 4.78 is 38.3. The summed E-state index contributed by atoms with van der Waals surface area (Å²) in [6, 6.07) is 1.43. The van der Waals surface area contributed by atoms with Crippen LogP contribution in [0, 0.1) is 5.92 Å².